The van der Waals surface area contributed by atoms with Crippen molar-refractivity contribution in [2.24, 2.45) is 5.92 Å². The van der Waals surface area contributed by atoms with Crippen LogP contribution in [0.15, 0.2) is 42.6 Å². The van der Waals surface area contributed by atoms with Gasteiger partial charge in [-0.15, -0.1) is 0 Å². The van der Waals surface area contributed by atoms with Gasteiger partial charge in [-0.05, 0) is 24.6 Å². The molecule has 3 rings (SSSR count). The fraction of sp³-hybridized carbons (Fsp3) is 0.353. The Morgan fingerprint density at radius 3 is 2.58 bits per heavy atom. The van der Waals surface area contributed by atoms with Crippen molar-refractivity contribution < 1.29 is 17.9 Å². The molecule has 0 spiro atoms. The molecule has 0 amide bonds. The number of hydrogen-bond acceptors (Lipinski definition) is 3. The van der Waals surface area contributed by atoms with E-state index in [1.165, 1.54) is 0 Å². The Morgan fingerprint density at radius 2 is 2.00 bits per heavy atom. The Kier molecular flexibility index (Phi) is 4.96. The molecule has 1 fully saturated rings. The van der Waals surface area contributed by atoms with Gasteiger partial charge in [0, 0.05) is 18.7 Å². The van der Waals surface area contributed by atoms with Crippen molar-refractivity contribution in [2.45, 2.75) is 18.7 Å². The summed E-state index contributed by atoms with van der Waals surface area (Å²) < 4.78 is 44.1. The summed E-state index contributed by atoms with van der Waals surface area (Å²) in [6, 6.07) is 10.4. The summed E-state index contributed by atoms with van der Waals surface area (Å²) in [4.78, 5) is 3.79. The zero-order valence-electron chi connectivity index (χ0n) is 12.7. The second-order valence-electron chi connectivity index (χ2n) is 5.71. The summed E-state index contributed by atoms with van der Waals surface area (Å²) in [7, 11) is 0. The first-order chi connectivity index (χ1) is 11.4. The molecule has 0 radical (unpaired) electrons. The smallest absolute Gasteiger partial charge is 0.417 e. The molecule has 2 atom stereocenters. The molecule has 1 N–H and O–H groups in total. The zero-order valence-corrected chi connectivity index (χ0v) is 13.4. The lowest BCUT2D eigenvalue weighted by Gasteiger charge is -2.25. The van der Waals surface area contributed by atoms with Gasteiger partial charge in [-0.2, -0.15) is 13.2 Å². The quantitative estimate of drug-likeness (QED) is 0.876. The molecule has 1 aliphatic heterocycles. The summed E-state index contributed by atoms with van der Waals surface area (Å²) in [6.45, 7) is 1.66. The lowest BCUT2D eigenvalue weighted by Crippen LogP contribution is -2.22. The van der Waals surface area contributed by atoms with Crippen LogP contribution in [0.25, 0.3) is 0 Å². The first-order valence-electron chi connectivity index (χ1n) is 7.60. The van der Waals surface area contributed by atoms with E-state index in [4.69, 9.17) is 16.3 Å². The molecule has 128 valence electrons. The number of nitrogens with zero attached hydrogens (tertiary/aromatic N) is 1. The van der Waals surface area contributed by atoms with Crippen LogP contribution in [0.2, 0.25) is 5.02 Å². The van der Waals surface area contributed by atoms with Crippen LogP contribution in [0.3, 0.4) is 0 Å². The highest BCUT2D eigenvalue weighted by atomic mass is 35.5. The summed E-state index contributed by atoms with van der Waals surface area (Å²) >= 11 is 5.97. The van der Waals surface area contributed by atoms with Crippen molar-refractivity contribution in [2.75, 3.05) is 13.1 Å². The Hall–Kier alpha value is -1.79. The molecular weight excluding hydrogens is 341 g/mol. The predicted molar refractivity (Wildman–Crippen MR) is 85.0 cm³/mol. The van der Waals surface area contributed by atoms with E-state index in [-0.39, 0.29) is 22.9 Å². The maximum absolute atomic E-state index is 12.7. The molecule has 0 saturated carbocycles. The number of hydrogen-bond donors (Lipinski definition) is 1. The molecule has 2 heterocycles. The minimum absolute atomic E-state index is 0.0189. The van der Waals surface area contributed by atoms with Gasteiger partial charge in [-0.1, -0.05) is 41.9 Å². The third-order valence-corrected chi connectivity index (χ3v) is 4.30. The fourth-order valence-corrected chi connectivity index (χ4v) is 3.01. The highest BCUT2D eigenvalue weighted by Gasteiger charge is 2.33. The number of aromatic nitrogens is 1. The molecule has 2 unspecified atom stereocenters. The monoisotopic (exact) mass is 356 g/mol. The van der Waals surface area contributed by atoms with Gasteiger partial charge in [0.1, 0.15) is 11.1 Å². The molecule has 2 aromatic rings. The molecule has 1 saturated heterocycles. The van der Waals surface area contributed by atoms with Crippen molar-refractivity contribution in [3.05, 3.63) is 58.7 Å². The maximum Gasteiger partial charge on any atom is 0.417 e. The Labute approximate surface area is 142 Å². The molecule has 1 aromatic heterocycles. The van der Waals surface area contributed by atoms with Crippen LogP contribution >= 0.6 is 11.6 Å². The van der Waals surface area contributed by atoms with Crippen LogP contribution in [0.1, 0.15) is 23.7 Å². The minimum Gasteiger partial charge on any atom is -0.468 e. The average molecular weight is 357 g/mol. The Bertz CT molecular complexity index is 688. The van der Waals surface area contributed by atoms with Crippen molar-refractivity contribution in [3.8, 4) is 5.88 Å². The van der Waals surface area contributed by atoms with Crippen LogP contribution in [0, 0.1) is 5.92 Å². The van der Waals surface area contributed by atoms with E-state index in [1.807, 2.05) is 30.3 Å². The van der Waals surface area contributed by atoms with Gasteiger partial charge in [-0.25, -0.2) is 4.98 Å². The van der Waals surface area contributed by atoms with Crippen LogP contribution in [-0.4, -0.2) is 18.1 Å². The third-order valence-electron chi connectivity index (χ3n) is 4.03. The predicted octanol–water partition coefficient (Wildman–Crippen LogP) is 4.48. The second-order valence-corrected chi connectivity index (χ2v) is 6.12. The Morgan fingerprint density at radius 1 is 1.25 bits per heavy atom. The Balaban J connectivity index is 1.88. The average Bonchev–Trinajstić information content (AvgIpc) is 3.08. The standard InChI is InChI=1S/C17H16ClF3N2O/c18-14-8-13(17(19,20)21)10-23-16(14)24-15(12-6-7-22-9-12)11-4-2-1-3-5-11/h1-5,8,10,12,15,22H,6-7,9H2. The van der Waals surface area contributed by atoms with E-state index >= 15 is 0 Å². The normalized spacial score (nSPS) is 19.2. The number of pyridine rings is 1. The summed E-state index contributed by atoms with van der Waals surface area (Å²) in [6.07, 6.45) is -3.14. The van der Waals surface area contributed by atoms with Gasteiger partial charge in [0.15, 0.2) is 0 Å². The van der Waals surface area contributed by atoms with Gasteiger partial charge in [0.25, 0.3) is 0 Å². The number of rotatable bonds is 4. The van der Waals surface area contributed by atoms with E-state index in [0.29, 0.717) is 0 Å². The van der Waals surface area contributed by atoms with Crippen LogP contribution in [0.5, 0.6) is 5.88 Å². The number of alkyl halides is 3. The van der Waals surface area contributed by atoms with Crippen LogP contribution in [-0.2, 0) is 6.18 Å². The van der Waals surface area contributed by atoms with Gasteiger partial charge < -0.3 is 10.1 Å². The molecule has 0 aliphatic carbocycles. The lowest BCUT2D eigenvalue weighted by molar-refractivity contribution is -0.137. The first kappa shape index (κ1) is 17.0. The summed E-state index contributed by atoms with van der Waals surface area (Å²) in [5.41, 5.74) is 0.0580. The van der Waals surface area contributed by atoms with E-state index < -0.39 is 11.7 Å². The van der Waals surface area contributed by atoms with Crippen molar-refractivity contribution >= 4 is 11.6 Å². The number of ether oxygens (including phenoxy) is 1. The largest absolute Gasteiger partial charge is 0.468 e. The van der Waals surface area contributed by atoms with Crippen LogP contribution in [0.4, 0.5) is 13.2 Å². The van der Waals surface area contributed by atoms with E-state index in [1.54, 1.807) is 0 Å². The van der Waals surface area contributed by atoms with Crippen molar-refractivity contribution in [1.82, 2.24) is 10.3 Å². The minimum atomic E-state index is -4.48. The molecule has 0 bridgehead atoms. The molecular formula is C17H16ClF3N2O. The summed E-state index contributed by atoms with van der Waals surface area (Å²) in [5.74, 6) is 0.220. The van der Waals surface area contributed by atoms with Crippen LogP contribution < -0.4 is 10.1 Å². The van der Waals surface area contributed by atoms with E-state index in [9.17, 15) is 13.2 Å². The number of nitrogens with one attached hydrogen (secondary N) is 1. The topological polar surface area (TPSA) is 34.1 Å². The first-order valence-corrected chi connectivity index (χ1v) is 7.98. The molecule has 1 aromatic carbocycles. The third kappa shape index (κ3) is 3.82. The van der Waals surface area contributed by atoms with Gasteiger partial charge >= 0.3 is 6.18 Å². The molecule has 1 aliphatic rings. The summed E-state index contributed by atoms with van der Waals surface area (Å²) in [5, 5.41) is 3.13. The zero-order chi connectivity index (χ0) is 17.2. The lowest BCUT2D eigenvalue weighted by atomic mass is 9.95. The van der Waals surface area contributed by atoms with Gasteiger partial charge in [0.2, 0.25) is 5.88 Å². The highest BCUT2D eigenvalue weighted by Crippen LogP contribution is 2.37. The second kappa shape index (κ2) is 6.99. The van der Waals surface area contributed by atoms with Crippen molar-refractivity contribution in [1.29, 1.82) is 0 Å². The highest BCUT2D eigenvalue weighted by molar-refractivity contribution is 6.31. The SMILES string of the molecule is FC(F)(F)c1cnc(OC(c2ccccc2)C2CCNC2)c(Cl)c1. The maximum atomic E-state index is 12.7. The van der Waals surface area contributed by atoms with Crippen molar-refractivity contribution in [3.63, 3.8) is 0 Å². The van der Waals surface area contributed by atoms with Gasteiger partial charge in [-0.3, -0.25) is 0 Å². The molecule has 24 heavy (non-hydrogen) atoms. The molecule has 3 nitrogen and oxygen atoms in total. The number of benzene rings is 1. The number of halogens is 4. The van der Waals surface area contributed by atoms with Gasteiger partial charge in [0.05, 0.1) is 5.56 Å². The van der Waals surface area contributed by atoms with E-state index in [2.05, 4.69) is 10.3 Å². The van der Waals surface area contributed by atoms with E-state index in [0.717, 1.165) is 37.3 Å². The molecule has 7 heteroatoms. The fourth-order valence-electron chi connectivity index (χ4n) is 2.80.